The molecule has 0 unspecified atom stereocenters. The maximum atomic E-state index is 5.78. The summed E-state index contributed by atoms with van der Waals surface area (Å²) in [6, 6.07) is 7.35. The third-order valence-corrected chi connectivity index (χ3v) is 2.49. The highest BCUT2D eigenvalue weighted by atomic mass is 35.5. The third kappa shape index (κ3) is 3.96. The fourth-order valence-corrected chi connectivity index (χ4v) is 1.57. The third-order valence-electron chi connectivity index (χ3n) is 2.32. The van der Waals surface area contributed by atoms with Crippen molar-refractivity contribution in [3.63, 3.8) is 0 Å². The molecule has 0 saturated heterocycles. The van der Waals surface area contributed by atoms with Crippen LogP contribution in [0.1, 0.15) is 13.3 Å². The molecule has 0 aliphatic carbocycles. The van der Waals surface area contributed by atoms with Crippen molar-refractivity contribution in [2.75, 3.05) is 19.0 Å². The molecule has 0 amide bonds. The Morgan fingerprint density at radius 3 is 2.45 bits per heavy atom. The lowest BCUT2D eigenvalue weighted by atomic mass is 10.3. The summed E-state index contributed by atoms with van der Waals surface area (Å²) in [6.07, 6.45) is 0.967. The van der Waals surface area contributed by atoms with E-state index in [1.54, 1.807) is 19.2 Å². The van der Waals surface area contributed by atoms with Gasteiger partial charge in [-0.1, -0.05) is 6.92 Å². The van der Waals surface area contributed by atoms with Gasteiger partial charge in [0.25, 0.3) is 0 Å². The van der Waals surface area contributed by atoms with Crippen LogP contribution in [0.4, 0.5) is 5.95 Å². The molecule has 0 fully saturated rings. The Labute approximate surface area is 122 Å². The highest BCUT2D eigenvalue weighted by Gasteiger charge is 2.06. The number of ether oxygens (including phenoxy) is 2. The molecule has 1 aromatic carbocycles. The van der Waals surface area contributed by atoms with E-state index in [0.717, 1.165) is 12.2 Å². The fourth-order valence-electron chi connectivity index (χ4n) is 1.42. The zero-order valence-corrected chi connectivity index (χ0v) is 12.0. The van der Waals surface area contributed by atoms with E-state index < -0.39 is 0 Å². The SMILES string of the molecule is CCCOc1ccc(Oc2nc(Cl)nc(NC)n2)cc1. The van der Waals surface area contributed by atoms with E-state index in [2.05, 4.69) is 27.2 Å². The quantitative estimate of drug-likeness (QED) is 0.882. The summed E-state index contributed by atoms with van der Waals surface area (Å²) in [5, 5.41) is 2.85. The van der Waals surface area contributed by atoms with Crippen LogP contribution in [0.25, 0.3) is 0 Å². The van der Waals surface area contributed by atoms with E-state index in [1.165, 1.54) is 0 Å². The van der Waals surface area contributed by atoms with Crippen LogP contribution in [0.5, 0.6) is 17.5 Å². The molecule has 2 rings (SSSR count). The maximum Gasteiger partial charge on any atom is 0.328 e. The zero-order chi connectivity index (χ0) is 14.4. The first-order valence-corrected chi connectivity index (χ1v) is 6.59. The zero-order valence-electron chi connectivity index (χ0n) is 11.3. The number of benzene rings is 1. The van der Waals surface area contributed by atoms with Crippen LogP contribution in [0.3, 0.4) is 0 Å². The van der Waals surface area contributed by atoms with Crippen molar-refractivity contribution in [3.05, 3.63) is 29.5 Å². The van der Waals surface area contributed by atoms with Crippen molar-refractivity contribution in [3.8, 4) is 17.5 Å². The lowest BCUT2D eigenvalue weighted by Crippen LogP contribution is -2.01. The highest BCUT2D eigenvalue weighted by molar-refractivity contribution is 6.28. The molecule has 0 saturated carbocycles. The summed E-state index contributed by atoms with van der Waals surface area (Å²) in [5.41, 5.74) is 0. The van der Waals surface area contributed by atoms with Gasteiger partial charge in [0.05, 0.1) is 6.61 Å². The topological polar surface area (TPSA) is 69.2 Å². The molecule has 0 aliphatic heterocycles. The minimum Gasteiger partial charge on any atom is -0.494 e. The average molecular weight is 295 g/mol. The Kier molecular flexibility index (Phi) is 4.95. The van der Waals surface area contributed by atoms with Crippen molar-refractivity contribution in [2.45, 2.75) is 13.3 Å². The number of anilines is 1. The second-order valence-corrected chi connectivity index (χ2v) is 4.22. The molecule has 106 valence electrons. The van der Waals surface area contributed by atoms with Crippen molar-refractivity contribution in [1.82, 2.24) is 15.0 Å². The van der Waals surface area contributed by atoms with Crippen LogP contribution >= 0.6 is 11.6 Å². The second kappa shape index (κ2) is 6.91. The van der Waals surface area contributed by atoms with Gasteiger partial charge in [-0.3, -0.25) is 0 Å². The minimum absolute atomic E-state index is 0.0715. The summed E-state index contributed by atoms with van der Waals surface area (Å²) in [6.45, 7) is 2.75. The Hall–Kier alpha value is -2.08. The number of hydrogen-bond donors (Lipinski definition) is 1. The van der Waals surface area contributed by atoms with E-state index >= 15 is 0 Å². The molecule has 6 nitrogen and oxygen atoms in total. The summed E-state index contributed by atoms with van der Waals surface area (Å²) in [7, 11) is 1.69. The van der Waals surface area contributed by atoms with Gasteiger partial charge in [-0.05, 0) is 42.3 Å². The van der Waals surface area contributed by atoms with Gasteiger partial charge in [0.1, 0.15) is 11.5 Å². The first-order chi connectivity index (χ1) is 9.71. The Morgan fingerprint density at radius 1 is 1.10 bits per heavy atom. The number of nitrogens with zero attached hydrogens (tertiary/aromatic N) is 3. The van der Waals surface area contributed by atoms with Crippen LogP contribution < -0.4 is 14.8 Å². The first kappa shape index (κ1) is 14.3. The average Bonchev–Trinajstić information content (AvgIpc) is 2.46. The number of aromatic nitrogens is 3. The second-order valence-electron chi connectivity index (χ2n) is 3.88. The molecule has 20 heavy (non-hydrogen) atoms. The van der Waals surface area contributed by atoms with E-state index in [1.807, 2.05) is 12.1 Å². The molecule has 2 aromatic rings. The molecular formula is C13H15ClN4O2. The monoisotopic (exact) mass is 294 g/mol. The van der Waals surface area contributed by atoms with Crippen molar-refractivity contribution >= 4 is 17.5 Å². The molecule has 1 N–H and O–H groups in total. The molecular weight excluding hydrogens is 280 g/mol. The Bertz CT molecular complexity index is 563. The van der Waals surface area contributed by atoms with E-state index in [0.29, 0.717) is 18.3 Å². The summed E-state index contributed by atoms with van der Waals surface area (Å²) in [4.78, 5) is 11.8. The molecule has 0 aliphatic rings. The maximum absolute atomic E-state index is 5.78. The molecule has 7 heteroatoms. The minimum atomic E-state index is 0.0715. The smallest absolute Gasteiger partial charge is 0.328 e. The van der Waals surface area contributed by atoms with Crippen LogP contribution in [0.2, 0.25) is 5.28 Å². The lowest BCUT2D eigenvalue weighted by Gasteiger charge is -2.07. The van der Waals surface area contributed by atoms with Gasteiger partial charge in [0, 0.05) is 7.05 Å². The number of hydrogen-bond acceptors (Lipinski definition) is 6. The first-order valence-electron chi connectivity index (χ1n) is 6.21. The summed E-state index contributed by atoms with van der Waals surface area (Å²) >= 11 is 5.78. The van der Waals surface area contributed by atoms with Crippen molar-refractivity contribution in [1.29, 1.82) is 0 Å². The van der Waals surface area contributed by atoms with Crippen LogP contribution in [0.15, 0.2) is 24.3 Å². The number of rotatable bonds is 6. The number of halogens is 1. The van der Waals surface area contributed by atoms with Crippen molar-refractivity contribution in [2.24, 2.45) is 0 Å². The van der Waals surface area contributed by atoms with Crippen LogP contribution in [-0.2, 0) is 0 Å². The molecule has 1 aromatic heterocycles. The predicted octanol–water partition coefficient (Wildman–Crippen LogP) is 3.15. The van der Waals surface area contributed by atoms with E-state index in [4.69, 9.17) is 21.1 Å². The van der Waals surface area contributed by atoms with Crippen LogP contribution in [0, 0.1) is 0 Å². The molecule has 0 atom stereocenters. The molecule has 0 spiro atoms. The van der Waals surface area contributed by atoms with Gasteiger partial charge in [0.2, 0.25) is 11.2 Å². The van der Waals surface area contributed by atoms with Gasteiger partial charge in [-0.25, -0.2) is 0 Å². The molecule has 0 bridgehead atoms. The molecule has 1 heterocycles. The summed E-state index contributed by atoms with van der Waals surface area (Å²) < 4.78 is 11.0. The largest absolute Gasteiger partial charge is 0.494 e. The van der Waals surface area contributed by atoms with Crippen LogP contribution in [-0.4, -0.2) is 28.6 Å². The molecule has 0 radical (unpaired) electrons. The Balaban J connectivity index is 2.07. The fraction of sp³-hybridized carbons (Fsp3) is 0.308. The normalized spacial score (nSPS) is 10.2. The van der Waals surface area contributed by atoms with Gasteiger partial charge in [-0.15, -0.1) is 0 Å². The van der Waals surface area contributed by atoms with Crippen molar-refractivity contribution < 1.29 is 9.47 Å². The standard InChI is InChI=1S/C13H15ClN4O2/c1-3-8-19-9-4-6-10(7-5-9)20-13-17-11(14)16-12(15-2)18-13/h4-7H,3,8H2,1-2H3,(H,15,16,17,18). The van der Waals surface area contributed by atoms with Gasteiger partial charge in [-0.2, -0.15) is 15.0 Å². The highest BCUT2D eigenvalue weighted by Crippen LogP contribution is 2.22. The van der Waals surface area contributed by atoms with Gasteiger partial charge < -0.3 is 14.8 Å². The van der Waals surface area contributed by atoms with E-state index in [-0.39, 0.29) is 11.3 Å². The van der Waals surface area contributed by atoms with Gasteiger partial charge in [0.15, 0.2) is 0 Å². The predicted molar refractivity (Wildman–Crippen MR) is 76.7 cm³/mol. The summed E-state index contributed by atoms with van der Waals surface area (Å²) in [5.74, 6) is 1.74. The van der Waals surface area contributed by atoms with E-state index in [9.17, 15) is 0 Å². The lowest BCUT2D eigenvalue weighted by molar-refractivity contribution is 0.317. The number of nitrogens with one attached hydrogen (secondary N) is 1. The Morgan fingerprint density at radius 2 is 1.80 bits per heavy atom. The van der Waals surface area contributed by atoms with Gasteiger partial charge >= 0.3 is 6.01 Å².